The minimum atomic E-state index is -1.48. The molecule has 0 radical (unpaired) electrons. The molecule has 1 fully saturated rings. The predicted molar refractivity (Wildman–Crippen MR) is 82.8 cm³/mol. The first-order valence-electron chi connectivity index (χ1n) is 7.45. The maximum atomic E-state index is 12.3. The van der Waals surface area contributed by atoms with E-state index in [-0.39, 0.29) is 12.5 Å². The molecule has 1 aromatic rings. The van der Waals surface area contributed by atoms with Gasteiger partial charge in [0, 0.05) is 12.1 Å². The summed E-state index contributed by atoms with van der Waals surface area (Å²) < 4.78 is 0. The van der Waals surface area contributed by atoms with E-state index in [9.17, 15) is 24.9 Å². The summed E-state index contributed by atoms with van der Waals surface area (Å²) in [6.07, 6.45) is -4.18. The first kappa shape index (κ1) is 16.4. The Labute approximate surface area is 137 Å². The Morgan fingerprint density at radius 2 is 1.88 bits per heavy atom. The fourth-order valence-electron chi connectivity index (χ4n) is 3.02. The number of aliphatic hydroxyl groups is 3. The first-order chi connectivity index (χ1) is 11.4. The van der Waals surface area contributed by atoms with Gasteiger partial charge in [0.25, 0.3) is 11.8 Å². The molecule has 9 heteroatoms. The predicted octanol–water partition coefficient (Wildman–Crippen LogP) is -2.59. The van der Waals surface area contributed by atoms with Crippen molar-refractivity contribution in [3.63, 3.8) is 0 Å². The standard InChI is InChI=1S/C15H18N4O5/c16-15-18-14(24)9(17-13(23)7-4-2-1-3-5-7)10-12(22)11(21)8(20)6-19(10)15/h1-5,8-12,20-22H,6H2,(H,17,23)(H2,16,18,24)/t8-,9-,10+,11-,12-/m1/s1. The molecule has 0 saturated carbocycles. The SMILES string of the molecule is NC1=NC(=O)[C@H](NC(=O)c2ccccc2)[C@H]2[C@@H](O)[C@H](O)[C@H](O)CN12. The van der Waals surface area contributed by atoms with Gasteiger partial charge in [-0.2, -0.15) is 4.99 Å². The minimum Gasteiger partial charge on any atom is -0.388 e. The van der Waals surface area contributed by atoms with Gasteiger partial charge in [0.2, 0.25) is 0 Å². The number of benzene rings is 1. The van der Waals surface area contributed by atoms with Gasteiger partial charge in [-0.05, 0) is 12.1 Å². The smallest absolute Gasteiger partial charge is 0.273 e. The number of aliphatic imine (C=N–C) groups is 1. The molecule has 6 N–H and O–H groups in total. The maximum absolute atomic E-state index is 12.3. The van der Waals surface area contributed by atoms with E-state index >= 15 is 0 Å². The van der Waals surface area contributed by atoms with Crippen LogP contribution in [0, 0.1) is 0 Å². The van der Waals surface area contributed by atoms with E-state index in [1.807, 2.05) is 0 Å². The largest absolute Gasteiger partial charge is 0.388 e. The van der Waals surface area contributed by atoms with Gasteiger partial charge in [-0.15, -0.1) is 0 Å². The van der Waals surface area contributed by atoms with E-state index in [2.05, 4.69) is 10.3 Å². The normalized spacial score (nSPS) is 32.8. The highest BCUT2D eigenvalue weighted by molar-refractivity contribution is 6.02. The molecule has 1 aromatic carbocycles. The monoisotopic (exact) mass is 334 g/mol. The van der Waals surface area contributed by atoms with Crippen molar-refractivity contribution in [3.8, 4) is 0 Å². The molecule has 5 atom stereocenters. The molecular formula is C15H18N4O5. The van der Waals surface area contributed by atoms with Crippen molar-refractivity contribution in [2.24, 2.45) is 10.7 Å². The van der Waals surface area contributed by atoms with Crippen molar-refractivity contribution < 1.29 is 24.9 Å². The Morgan fingerprint density at radius 3 is 2.54 bits per heavy atom. The zero-order valence-corrected chi connectivity index (χ0v) is 12.6. The summed E-state index contributed by atoms with van der Waals surface area (Å²) in [6, 6.07) is 6.05. The second kappa shape index (κ2) is 6.19. The number of hydrogen-bond donors (Lipinski definition) is 5. The quantitative estimate of drug-likeness (QED) is 0.398. The molecule has 2 aliphatic heterocycles. The summed E-state index contributed by atoms with van der Waals surface area (Å²) in [5, 5.41) is 32.5. The third-order valence-electron chi connectivity index (χ3n) is 4.29. The van der Waals surface area contributed by atoms with Crippen LogP contribution in [0.3, 0.4) is 0 Å². The topological polar surface area (TPSA) is 148 Å². The van der Waals surface area contributed by atoms with Crippen LogP contribution in [-0.4, -0.2) is 74.9 Å². The van der Waals surface area contributed by atoms with Gasteiger partial charge in [-0.1, -0.05) is 18.2 Å². The number of hydrogen-bond acceptors (Lipinski definition) is 7. The van der Waals surface area contributed by atoms with Crippen LogP contribution < -0.4 is 11.1 Å². The number of nitrogens with two attached hydrogens (primary N) is 1. The molecule has 0 bridgehead atoms. The summed E-state index contributed by atoms with van der Waals surface area (Å²) in [5.41, 5.74) is 6.03. The summed E-state index contributed by atoms with van der Waals surface area (Å²) >= 11 is 0. The summed E-state index contributed by atoms with van der Waals surface area (Å²) in [5.74, 6) is -1.40. The molecule has 2 heterocycles. The van der Waals surface area contributed by atoms with E-state index in [1.54, 1.807) is 30.3 Å². The molecular weight excluding hydrogens is 316 g/mol. The van der Waals surface area contributed by atoms with Crippen molar-refractivity contribution in [3.05, 3.63) is 35.9 Å². The van der Waals surface area contributed by atoms with Gasteiger partial charge < -0.3 is 31.3 Å². The Bertz CT molecular complexity index is 680. The molecule has 24 heavy (non-hydrogen) atoms. The molecule has 1 saturated heterocycles. The number of amides is 2. The lowest BCUT2D eigenvalue weighted by Gasteiger charge is -2.48. The fourth-order valence-corrected chi connectivity index (χ4v) is 3.02. The third-order valence-corrected chi connectivity index (χ3v) is 4.29. The number of nitrogens with one attached hydrogen (secondary N) is 1. The van der Waals surface area contributed by atoms with E-state index < -0.39 is 42.2 Å². The van der Waals surface area contributed by atoms with Crippen LogP contribution in [0.2, 0.25) is 0 Å². The van der Waals surface area contributed by atoms with Gasteiger partial charge in [-0.3, -0.25) is 9.59 Å². The molecule has 0 spiro atoms. The number of rotatable bonds is 2. The average Bonchev–Trinajstić information content (AvgIpc) is 2.57. The van der Waals surface area contributed by atoms with Crippen molar-refractivity contribution in [2.45, 2.75) is 30.4 Å². The number of piperidine rings is 1. The number of carbonyl (C=O) groups excluding carboxylic acids is 2. The Balaban J connectivity index is 1.89. The summed E-state index contributed by atoms with van der Waals surface area (Å²) in [6.45, 7) is -0.108. The Morgan fingerprint density at radius 1 is 1.21 bits per heavy atom. The van der Waals surface area contributed by atoms with Crippen molar-refractivity contribution >= 4 is 17.8 Å². The molecule has 0 aromatic heterocycles. The lowest BCUT2D eigenvalue weighted by atomic mass is 9.87. The molecule has 0 unspecified atom stereocenters. The lowest BCUT2D eigenvalue weighted by molar-refractivity contribution is -0.142. The van der Waals surface area contributed by atoms with E-state index in [4.69, 9.17) is 5.73 Å². The van der Waals surface area contributed by atoms with E-state index in [1.165, 1.54) is 4.90 Å². The molecule has 2 aliphatic rings. The van der Waals surface area contributed by atoms with Crippen LogP contribution in [-0.2, 0) is 4.79 Å². The van der Waals surface area contributed by atoms with Crippen molar-refractivity contribution in [2.75, 3.05) is 6.54 Å². The van der Waals surface area contributed by atoms with E-state index in [0.29, 0.717) is 5.56 Å². The second-order valence-corrected chi connectivity index (χ2v) is 5.82. The molecule has 0 aliphatic carbocycles. The van der Waals surface area contributed by atoms with Crippen molar-refractivity contribution in [1.29, 1.82) is 0 Å². The highest BCUT2D eigenvalue weighted by Crippen LogP contribution is 2.25. The van der Waals surface area contributed by atoms with Crippen LogP contribution >= 0.6 is 0 Å². The Kier molecular flexibility index (Phi) is 4.22. The van der Waals surface area contributed by atoms with Crippen LogP contribution in [0.25, 0.3) is 0 Å². The third kappa shape index (κ3) is 2.73. The average molecular weight is 334 g/mol. The van der Waals surface area contributed by atoms with E-state index in [0.717, 1.165) is 0 Å². The summed E-state index contributed by atoms with van der Waals surface area (Å²) in [4.78, 5) is 29.5. The highest BCUT2D eigenvalue weighted by atomic mass is 16.4. The van der Waals surface area contributed by atoms with Crippen LogP contribution in [0.15, 0.2) is 35.3 Å². The van der Waals surface area contributed by atoms with Gasteiger partial charge in [0.05, 0.1) is 6.04 Å². The summed E-state index contributed by atoms with van der Waals surface area (Å²) in [7, 11) is 0. The Hall–Kier alpha value is -2.49. The second-order valence-electron chi connectivity index (χ2n) is 5.82. The van der Waals surface area contributed by atoms with Crippen LogP contribution in [0.5, 0.6) is 0 Å². The maximum Gasteiger partial charge on any atom is 0.273 e. The number of carbonyl (C=O) groups is 2. The number of fused-ring (bicyclic) bond motifs is 1. The zero-order valence-electron chi connectivity index (χ0n) is 12.6. The lowest BCUT2D eigenvalue weighted by Crippen LogP contribution is -2.72. The van der Waals surface area contributed by atoms with Gasteiger partial charge >= 0.3 is 0 Å². The van der Waals surface area contributed by atoms with Gasteiger partial charge in [0.15, 0.2) is 5.96 Å². The highest BCUT2D eigenvalue weighted by Gasteiger charge is 2.50. The van der Waals surface area contributed by atoms with Crippen LogP contribution in [0.4, 0.5) is 0 Å². The molecule has 128 valence electrons. The fraction of sp³-hybridized carbons (Fsp3) is 0.400. The number of aliphatic hydroxyl groups excluding tert-OH is 3. The number of nitrogens with zero attached hydrogens (tertiary/aromatic N) is 2. The molecule has 3 rings (SSSR count). The van der Waals surface area contributed by atoms with Gasteiger partial charge in [-0.25, -0.2) is 0 Å². The van der Waals surface area contributed by atoms with Gasteiger partial charge in [0.1, 0.15) is 24.4 Å². The molecule has 2 amide bonds. The minimum absolute atomic E-state index is 0.108. The number of guanidine groups is 1. The van der Waals surface area contributed by atoms with Crippen LogP contribution in [0.1, 0.15) is 10.4 Å². The van der Waals surface area contributed by atoms with Crippen molar-refractivity contribution in [1.82, 2.24) is 10.2 Å². The molecule has 9 nitrogen and oxygen atoms in total. The first-order valence-corrected chi connectivity index (χ1v) is 7.45. The zero-order chi connectivity index (χ0) is 17.4.